The molecule has 0 atom stereocenters. The topological polar surface area (TPSA) is 49.6 Å². The molecule has 3 heteroatoms. The molecule has 0 aliphatic heterocycles. The molecular formula is C46H29N3. The molecular weight excluding hydrogens is 595 g/mol. The highest BCUT2D eigenvalue weighted by molar-refractivity contribution is 6.10. The van der Waals surface area contributed by atoms with Gasteiger partial charge in [0.15, 0.2) is 0 Å². The summed E-state index contributed by atoms with van der Waals surface area (Å²) in [7, 11) is 0. The van der Waals surface area contributed by atoms with Gasteiger partial charge < -0.3 is 0 Å². The molecule has 0 saturated heterocycles. The predicted octanol–water partition coefficient (Wildman–Crippen LogP) is 10.9. The third-order valence-electron chi connectivity index (χ3n) is 9.89. The maximum Gasteiger partial charge on any atom is 0.0992 e. The number of fused-ring (bicyclic) bond motifs is 5. The highest BCUT2D eigenvalue weighted by atomic mass is 14.8. The highest BCUT2D eigenvalue weighted by Gasteiger charge is 2.47. The van der Waals surface area contributed by atoms with Crippen LogP contribution >= 0.6 is 0 Å². The lowest BCUT2D eigenvalue weighted by molar-refractivity contribution is 0.769. The van der Waals surface area contributed by atoms with Gasteiger partial charge in [-0.2, -0.15) is 5.26 Å². The van der Waals surface area contributed by atoms with E-state index in [9.17, 15) is 5.26 Å². The second kappa shape index (κ2) is 11.6. The number of pyridine rings is 2. The fourth-order valence-electron chi connectivity index (χ4n) is 7.74. The molecule has 228 valence electrons. The Morgan fingerprint density at radius 1 is 0.469 bits per heavy atom. The van der Waals surface area contributed by atoms with E-state index >= 15 is 0 Å². The van der Waals surface area contributed by atoms with Crippen LogP contribution in [0.5, 0.6) is 0 Å². The van der Waals surface area contributed by atoms with Gasteiger partial charge >= 0.3 is 0 Å². The van der Waals surface area contributed by atoms with Crippen LogP contribution in [-0.4, -0.2) is 9.97 Å². The number of aromatic nitrogens is 2. The van der Waals surface area contributed by atoms with Crippen molar-refractivity contribution in [3.8, 4) is 50.8 Å². The Hall–Kier alpha value is -6.63. The van der Waals surface area contributed by atoms with Crippen molar-refractivity contribution in [2.45, 2.75) is 5.41 Å². The SMILES string of the molecule is N#Cc1ccnc(-c2ccc(-c3ccc4c(c3)C(c3ccccc3)(c3ccccc3)c3cc(-c5ccccc5)c5ccccc5c3-4)cn2)c1. The van der Waals surface area contributed by atoms with E-state index < -0.39 is 5.41 Å². The summed E-state index contributed by atoms with van der Waals surface area (Å²) >= 11 is 0. The molecule has 0 fully saturated rings. The van der Waals surface area contributed by atoms with Crippen molar-refractivity contribution in [3.63, 3.8) is 0 Å². The first-order valence-electron chi connectivity index (χ1n) is 16.5. The molecule has 0 N–H and O–H groups in total. The first-order chi connectivity index (χ1) is 24.3. The van der Waals surface area contributed by atoms with E-state index in [1.54, 1.807) is 18.3 Å². The molecule has 49 heavy (non-hydrogen) atoms. The minimum atomic E-state index is -0.564. The Balaban J connectivity index is 1.33. The van der Waals surface area contributed by atoms with Crippen LogP contribution in [0.4, 0.5) is 0 Å². The molecule has 8 aromatic rings. The highest BCUT2D eigenvalue weighted by Crippen LogP contribution is 2.59. The third kappa shape index (κ3) is 4.50. The number of benzene rings is 6. The number of nitrogens with zero attached hydrogens (tertiary/aromatic N) is 3. The van der Waals surface area contributed by atoms with E-state index in [1.807, 2.05) is 12.3 Å². The van der Waals surface area contributed by atoms with Crippen molar-refractivity contribution in [1.29, 1.82) is 5.26 Å². The summed E-state index contributed by atoms with van der Waals surface area (Å²) in [5.41, 5.74) is 13.5. The number of nitriles is 1. The summed E-state index contributed by atoms with van der Waals surface area (Å²) in [5.74, 6) is 0. The Morgan fingerprint density at radius 2 is 1.12 bits per heavy atom. The molecule has 1 aliphatic carbocycles. The van der Waals surface area contributed by atoms with Crippen LogP contribution in [0, 0.1) is 11.3 Å². The van der Waals surface area contributed by atoms with Gasteiger partial charge in [0.1, 0.15) is 0 Å². The summed E-state index contributed by atoms with van der Waals surface area (Å²) in [6.45, 7) is 0. The molecule has 3 nitrogen and oxygen atoms in total. The minimum absolute atomic E-state index is 0.564. The molecule has 1 aliphatic rings. The average molecular weight is 624 g/mol. The lowest BCUT2D eigenvalue weighted by atomic mass is 9.67. The lowest BCUT2D eigenvalue weighted by Crippen LogP contribution is -2.28. The van der Waals surface area contributed by atoms with Gasteiger partial charge in [0.05, 0.1) is 28.4 Å². The van der Waals surface area contributed by atoms with E-state index in [1.165, 1.54) is 55.3 Å². The van der Waals surface area contributed by atoms with Crippen LogP contribution in [0.3, 0.4) is 0 Å². The molecule has 6 aromatic carbocycles. The Kier molecular flexibility index (Phi) is 6.74. The number of hydrogen-bond acceptors (Lipinski definition) is 3. The normalized spacial score (nSPS) is 12.6. The zero-order valence-electron chi connectivity index (χ0n) is 26.6. The number of hydrogen-bond donors (Lipinski definition) is 0. The molecule has 0 bridgehead atoms. The van der Waals surface area contributed by atoms with Crippen molar-refractivity contribution < 1.29 is 0 Å². The fourth-order valence-corrected chi connectivity index (χ4v) is 7.74. The third-order valence-corrected chi connectivity index (χ3v) is 9.89. The smallest absolute Gasteiger partial charge is 0.0992 e. The maximum atomic E-state index is 9.38. The van der Waals surface area contributed by atoms with Crippen molar-refractivity contribution >= 4 is 10.8 Å². The van der Waals surface area contributed by atoms with Gasteiger partial charge in [-0.05, 0) is 91.2 Å². The summed E-state index contributed by atoms with van der Waals surface area (Å²) < 4.78 is 0. The van der Waals surface area contributed by atoms with Gasteiger partial charge in [-0.1, -0.05) is 133 Å². The van der Waals surface area contributed by atoms with Gasteiger partial charge in [0.25, 0.3) is 0 Å². The zero-order valence-corrected chi connectivity index (χ0v) is 26.6. The molecule has 2 aromatic heterocycles. The predicted molar refractivity (Wildman–Crippen MR) is 198 cm³/mol. The minimum Gasteiger partial charge on any atom is -0.255 e. The first kappa shape index (κ1) is 28.6. The number of rotatable bonds is 5. The molecule has 0 saturated carbocycles. The van der Waals surface area contributed by atoms with E-state index in [0.717, 1.165) is 16.8 Å². The van der Waals surface area contributed by atoms with E-state index in [0.29, 0.717) is 11.3 Å². The second-order valence-electron chi connectivity index (χ2n) is 12.5. The standard InChI is InChI=1S/C46H29N3/c47-29-31-24-25-48-44(26-31)43-23-21-34(30-49-43)33-20-22-39-41(27-33)46(35-14-6-2-7-15-35,36-16-8-3-9-17-36)42-28-40(32-12-4-1-5-13-32)37-18-10-11-19-38(37)45(39)42/h1-28,30H. The lowest BCUT2D eigenvalue weighted by Gasteiger charge is -2.34. The van der Waals surface area contributed by atoms with Crippen molar-refractivity contribution in [2.24, 2.45) is 0 Å². The van der Waals surface area contributed by atoms with E-state index in [4.69, 9.17) is 4.98 Å². The Morgan fingerprint density at radius 3 is 1.80 bits per heavy atom. The molecule has 9 rings (SSSR count). The van der Waals surface area contributed by atoms with Gasteiger partial charge in [0.2, 0.25) is 0 Å². The van der Waals surface area contributed by atoms with Gasteiger partial charge in [-0.3, -0.25) is 9.97 Å². The first-order valence-corrected chi connectivity index (χ1v) is 16.5. The van der Waals surface area contributed by atoms with E-state index in [-0.39, 0.29) is 0 Å². The van der Waals surface area contributed by atoms with Gasteiger partial charge in [-0.25, -0.2) is 0 Å². The van der Waals surface area contributed by atoms with Crippen molar-refractivity contribution in [2.75, 3.05) is 0 Å². The Labute approximate surface area is 285 Å². The molecule has 0 amide bonds. The summed E-state index contributed by atoms with van der Waals surface area (Å²) in [5, 5.41) is 11.9. The summed E-state index contributed by atoms with van der Waals surface area (Å²) in [4.78, 5) is 9.26. The fraction of sp³-hybridized carbons (Fsp3) is 0.0217. The van der Waals surface area contributed by atoms with Gasteiger partial charge in [0, 0.05) is 18.0 Å². The van der Waals surface area contributed by atoms with Gasteiger partial charge in [-0.15, -0.1) is 0 Å². The molecule has 0 radical (unpaired) electrons. The quantitative estimate of drug-likeness (QED) is 0.192. The van der Waals surface area contributed by atoms with Crippen LogP contribution in [0.15, 0.2) is 176 Å². The van der Waals surface area contributed by atoms with Crippen LogP contribution < -0.4 is 0 Å². The van der Waals surface area contributed by atoms with E-state index in [2.05, 4.69) is 157 Å². The van der Waals surface area contributed by atoms with Crippen LogP contribution in [0.25, 0.3) is 55.5 Å². The van der Waals surface area contributed by atoms with Crippen LogP contribution in [0.2, 0.25) is 0 Å². The maximum absolute atomic E-state index is 9.38. The average Bonchev–Trinajstić information content (AvgIpc) is 3.49. The largest absolute Gasteiger partial charge is 0.255 e. The summed E-state index contributed by atoms with van der Waals surface area (Å²) in [6, 6.07) is 60.6. The molecule has 2 heterocycles. The summed E-state index contributed by atoms with van der Waals surface area (Å²) in [6.07, 6.45) is 3.57. The zero-order chi connectivity index (χ0) is 32.8. The monoisotopic (exact) mass is 623 g/mol. The molecule has 0 unspecified atom stereocenters. The van der Waals surface area contributed by atoms with Crippen LogP contribution in [-0.2, 0) is 5.41 Å². The second-order valence-corrected chi connectivity index (χ2v) is 12.5. The van der Waals surface area contributed by atoms with Crippen LogP contribution in [0.1, 0.15) is 27.8 Å². The van der Waals surface area contributed by atoms with Crippen molar-refractivity contribution in [3.05, 3.63) is 204 Å². The Bertz CT molecular complexity index is 2490. The van der Waals surface area contributed by atoms with Crippen molar-refractivity contribution in [1.82, 2.24) is 9.97 Å². The molecule has 0 spiro atoms.